The molecule has 1 aromatic heterocycles. The zero-order valence-electron chi connectivity index (χ0n) is 11.5. The van der Waals surface area contributed by atoms with Gasteiger partial charge in [0.1, 0.15) is 0 Å². The molecule has 0 saturated carbocycles. The van der Waals surface area contributed by atoms with Crippen LogP contribution in [0.1, 0.15) is 18.5 Å². The Morgan fingerprint density at radius 2 is 1.81 bits per heavy atom. The number of nitrogens with one attached hydrogen (secondary N) is 3. The summed E-state index contributed by atoms with van der Waals surface area (Å²) in [5, 5.41) is 8.54. The molecule has 1 unspecified atom stereocenters. The van der Waals surface area contributed by atoms with Crippen LogP contribution in [0.25, 0.3) is 0 Å². The first-order chi connectivity index (χ1) is 9.99. The summed E-state index contributed by atoms with van der Waals surface area (Å²) in [5.74, 6) is 0. The third-order valence-electron chi connectivity index (χ3n) is 2.90. The minimum atomic E-state index is -0.247. The summed E-state index contributed by atoms with van der Waals surface area (Å²) in [4.78, 5) is 11.2. The van der Waals surface area contributed by atoms with Crippen molar-refractivity contribution in [1.82, 2.24) is 5.32 Å². The van der Waals surface area contributed by atoms with E-state index >= 15 is 0 Å². The Hall–Kier alpha value is -1.43. The molecule has 0 bridgehead atoms. The van der Waals surface area contributed by atoms with Gasteiger partial charge in [-0.05, 0) is 37.3 Å². The first kappa shape index (κ1) is 15.9. The monoisotopic (exact) mass is 343 g/mol. The number of anilines is 2. The van der Waals surface area contributed by atoms with E-state index in [4.69, 9.17) is 23.2 Å². The van der Waals surface area contributed by atoms with Crippen molar-refractivity contribution in [3.63, 3.8) is 0 Å². The van der Waals surface area contributed by atoms with E-state index < -0.39 is 0 Å². The third kappa shape index (κ3) is 4.27. The van der Waals surface area contributed by atoms with Gasteiger partial charge in [-0.15, -0.1) is 11.3 Å². The van der Waals surface area contributed by atoms with Crippen LogP contribution in [-0.4, -0.2) is 13.1 Å². The lowest BCUT2D eigenvalue weighted by atomic mass is 10.1. The molecule has 0 spiro atoms. The van der Waals surface area contributed by atoms with Gasteiger partial charge in [-0.3, -0.25) is 0 Å². The van der Waals surface area contributed by atoms with Crippen LogP contribution in [0.15, 0.2) is 30.3 Å². The van der Waals surface area contributed by atoms with E-state index in [0.29, 0.717) is 8.67 Å². The quantitative estimate of drug-likeness (QED) is 0.733. The van der Waals surface area contributed by atoms with Gasteiger partial charge >= 0.3 is 6.03 Å². The van der Waals surface area contributed by atoms with E-state index in [0.717, 1.165) is 16.9 Å². The van der Waals surface area contributed by atoms with Gasteiger partial charge in [0.2, 0.25) is 0 Å². The van der Waals surface area contributed by atoms with Crippen molar-refractivity contribution >= 4 is 51.9 Å². The molecule has 0 saturated heterocycles. The molecular formula is C14H15Cl2N3OS. The summed E-state index contributed by atoms with van der Waals surface area (Å²) >= 11 is 13.5. The number of thiophene rings is 1. The molecule has 1 heterocycles. The molecule has 7 heteroatoms. The van der Waals surface area contributed by atoms with Crippen molar-refractivity contribution in [2.24, 2.45) is 0 Å². The smallest absolute Gasteiger partial charge is 0.318 e. The van der Waals surface area contributed by atoms with Crippen LogP contribution in [0.4, 0.5) is 16.2 Å². The number of carbonyl (C=O) groups excluding carboxylic acids is 1. The zero-order chi connectivity index (χ0) is 15.4. The van der Waals surface area contributed by atoms with Crippen molar-refractivity contribution in [3.05, 3.63) is 44.6 Å². The van der Waals surface area contributed by atoms with Gasteiger partial charge in [0, 0.05) is 24.0 Å². The lowest BCUT2D eigenvalue weighted by Crippen LogP contribution is -2.24. The molecule has 2 amide bonds. The summed E-state index contributed by atoms with van der Waals surface area (Å²) in [6.07, 6.45) is 0. The van der Waals surface area contributed by atoms with Gasteiger partial charge in [0.05, 0.1) is 14.7 Å². The van der Waals surface area contributed by atoms with E-state index in [1.54, 1.807) is 7.05 Å². The number of amides is 2. The maximum Gasteiger partial charge on any atom is 0.318 e. The normalized spacial score (nSPS) is 11.8. The van der Waals surface area contributed by atoms with Crippen LogP contribution in [-0.2, 0) is 0 Å². The van der Waals surface area contributed by atoms with Gasteiger partial charge in [0.25, 0.3) is 0 Å². The maximum absolute atomic E-state index is 11.2. The van der Waals surface area contributed by atoms with E-state index in [-0.39, 0.29) is 12.1 Å². The highest BCUT2D eigenvalue weighted by Gasteiger charge is 2.13. The molecule has 1 atom stereocenters. The number of benzene rings is 1. The predicted octanol–water partition coefficient (Wildman–Crippen LogP) is 4.98. The number of halogens is 2. The van der Waals surface area contributed by atoms with Crippen LogP contribution in [0.2, 0.25) is 8.67 Å². The van der Waals surface area contributed by atoms with Gasteiger partial charge in [-0.2, -0.15) is 0 Å². The summed E-state index contributed by atoms with van der Waals surface area (Å²) in [6, 6.07) is 9.10. The molecule has 0 fully saturated rings. The molecule has 21 heavy (non-hydrogen) atoms. The fourth-order valence-electron chi connectivity index (χ4n) is 1.82. The zero-order valence-corrected chi connectivity index (χ0v) is 13.9. The van der Waals surface area contributed by atoms with Gasteiger partial charge in [0.15, 0.2) is 0 Å². The standard InChI is InChI=1S/C14H15Cl2N3OS/c1-8(11-7-12(15)21-13(11)16)18-9-3-5-10(6-4-9)19-14(20)17-2/h3-8,18H,1-2H3,(H2,17,19,20). The van der Waals surface area contributed by atoms with Gasteiger partial charge in [-0.1, -0.05) is 23.2 Å². The molecule has 0 aliphatic carbocycles. The van der Waals surface area contributed by atoms with Crippen molar-refractivity contribution < 1.29 is 4.79 Å². The lowest BCUT2D eigenvalue weighted by molar-refractivity contribution is 0.254. The Balaban J connectivity index is 2.03. The Morgan fingerprint density at radius 3 is 2.33 bits per heavy atom. The molecule has 1 aromatic carbocycles. The fourth-order valence-corrected chi connectivity index (χ4v) is 3.47. The van der Waals surface area contributed by atoms with Crippen LogP contribution in [0, 0.1) is 0 Å². The van der Waals surface area contributed by atoms with Crippen molar-refractivity contribution in [2.75, 3.05) is 17.7 Å². The van der Waals surface area contributed by atoms with Gasteiger partial charge < -0.3 is 16.0 Å². The number of hydrogen-bond donors (Lipinski definition) is 3. The average molecular weight is 344 g/mol. The molecule has 0 aliphatic rings. The number of rotatable bonds is 4. The second-order valence-electron chi connectivity index (χ2n) is 4.43. The van der Waals surface area contributed by atoms with Crippen molar-refractivity contribution in [1.29, 1.82) is 0 Å². The molecule has 2 aromatic rings. The van der Waals surface area contributed by atoms with Crippen LogP contribution in [0.3, 0.4) is 0 Å². The SMILES string of the molecule is CNC(=O)Nc1ccc(NC(C)c2cc(Cl)sc2Cl)cc1. The second-order valence-corrected chi connectivity index (χ2v) is 6.71. The lowest BCUT2D eigenvalue weighted by Gasteiger charge is -2.15. The summed E-state index contributed by atoms with van der Waals surface area (Å²) < 4.78 is 1.37. The minimum absolute atomic E-state index is 0.0407. The molecule has 112 valence electrons. The van der Waals surface area contributed by atoms with Crippen LogP contribution >= 0.6 is 34.5 Å². The molecule has 3 N–H and O–H groups in total. The number of urea groups is 1. The van der Waals surface area contributed by atoms with E-state index in [9.17, 15) is 4.79 Å². The fraction of sp³-hybridized carbons (Fsp3) is 0.214. The molecule has 0 aliphatic heterocycles. The summed E-state index contributed by atoms with van der Waals surface area (Å²) in [6.45, 7) is 2.01. The average Bonchev–Trinajstić information content (AvgIpc) is 2.80. The Morgan fingerprint density at radius 1 is 1.19 bits per heavy atom. The maximum atomic E-state index is 11.2. The van der Waals surface area contributed by atoms with Crippen molar-refractivity contribution in [3.8, 4) is 0 Å². The Labute approximate surface area is 137 Å². The second kappa shape index (κ2) is 7.02. The molecule has 2 rings (SSSR count). The van der Waals surface area contributed by atoms with E-state index in [2.05, 4.69) is 16.0 Å². The number of hydrogen-bond acceptors (Lipinski definition) is 3. The third-order valence-corrected chi connectivity index (χ3v) is 4.42. The first-order valence-corrected chi connectivity index (χ1v) is 7.87. The van der Waals surface area contributed by atoms with E-state index in [1.807, 2.05) is 37.3 Å². The largest absolute Gasteiger partial charge is 0.378 e. The highest BCUT2D eigenvalue weighted by Crippen LogP contribution is 2.36. The summed E-state index contributed by atoms with van der Waals surface area (Å²) in [7, 11) is 1.57. The minimum Gasteiger partial charge on any atom is -0.378 e. The van der Waals surface area contributed by atoms with Crippen molar-refractivity contribution in [2.45, 2.75) is 13.0 Å². The topological polar surface area (TPSA) is 53.2 Å². The first-order valence-electron chi connectivity index (χ1n) is 6.29. The summed E-state index contributed by atoms with van der Waals surface area (Å²) in [5.41, 5.74) is 2.63. The molecular weight excluding hydrogens is 329 g/mol. The predicted molar refractivity (Wildman–Crippen MR) is 90.9 cm³/mol. The van der Waals surface area contributed by atoms with Crippen LogP contribution < -0.4 is 16.0 Å². The highest BCUT2D eigenvalue weighted by atomic mass is 35.5. The Bertz CT molecular complexity index is 628. The molecule has 0 radical (unpaired) electrons. The highest BCUT2D eigenvalue weighted by molar-refractivity contribution is 7.20. The number of carbonyl (C=O) groups is 1. The molecule has 4 nitrogen and oxygen atoms in total. The van der Waals surface area contributed by atoms with E-state index in [1.165, 1.54) is 11.3 Å². The van der Waals surface area contributed by atoms with Crippen LogP contribution in [0.5, 0.6) is 0 Å². The van der Waals surface area contributed by atoms with Gasteiger partial charge in [-0.25, -0.2) is 4.79 Å². The Kier molecular flexibility index (Phi) is 5.33.